The fourth-order valence-electron chi connectivity index (χ4n) is 4.67. The molecule has 5 aromatic rings. The molecule has 9 nitrogen and oxygen atoms in total. The lowest BCUT2D eigenvalue weighted by Crippen LogP contribution is -2.23. The minimum atomic E-state index is -1.25. The number of carboxylic acids is 1. The molecule has 0 saturated carbocycles. The first-order chi connectivity index (χ1) is 17.9. The number of fused-ring (bicyclic) bond motifs is 1. The summed E-state index contributed by atoms with van der Waals surface area (Å²) in [6.07, 6.45) is 8.08. The van der Waals surface area contributed by atoms with Gasteiger partial charge in [-0.2, -0.15) is 5.10 Å². The van der Waals surface area contributed by atoms with Gasteiger partial charge < -0.3 is 15.5 Å². The molecule has 0 fully saturated rings. The fourth-order valence-corrected chi connectivity index (χ4v) is 5.68. The summed E-state index contributed by atoms with van der Waals surface area (Å²) in [5, 5.41) is 31.5. The Kier molecular flexibility index (Phi) is 5.54. The molecule has 4 N–H and O–H groups in total. The molecule has 0 amide bonds. The van der Waals surface area contributed by atoms with Gasteiger partial charge >= 0.3 is 5.97 Å². The van der Waals surface area contributed by atoms with Gasteiger partial charge in [0.15, 0.2) is 0 Å². The van der Waals surface area contributed by atoms with Crippen LogP contribution >= 0.6 is 11.3 Å². The molecule has 1 atom stereocenters. The molecule has 0 aliphatic heterocycles. The summed E-state index contributed by atoms with van der Waals surface area (Å²) < 4.78 is 0. The lowest BCUT2D eigenvalue weighted by atomic mass is 9.96. The van der Waals surface area contributed by atoms with Crippen molar-refractivity contribution in [1.82, 2.24) is 25.1 Å². The highest BCUT2D eigenvalue weighted by atomic mass is 32.1. The van der Waals surface area contributed by atoms with Crippen LogP contribution in [0.5, 0.6) is 0 Å². The van der Waals surface area contributed by atoms with E-state index in [2.05, 4.69) is 25.5 Å². The smallest absolute Gasteiger partial charge is 0.335 e. The van der Waals surface area contributed by atoms with Gasteiger partial charge in [0.2, 0.25) is 0 Å². The van der Waals surface area contributed by atoms with Crippen molar-refractivity contribution in [1.29, 1.82) is 0 Å². The van der Waals surface area contributed by atoms with E-state index in [4.69, 9.17) is 4.98 Å². The minimum Gasteiger partial charge on any atom is -0.478 e. The summed E-state index contributed by atoms with van der Waals surface area (Å²) >= 11 is 1.39. The molecule has 0 spiro atoms. The van der Waals surface area contributed by atoms with Crippen molar-refractivity contribution in [3.63, 3.8) is 0 Å². The summed E-state index contributed by atoms with van der Waals surface area (Å²) in [5.74, 6) is 0.325. The van der Waals surface area contributed by atoms with E-state index in [1.54, 1.807) is 30.7 Å². The van der Waals surface area contributed by atoms with Crippen LogP contribution in [0.25, 0.3) is 21.7 Å². The highest BCUT2D eigenvalue weighted by molar-refractivity contribution is 7.15. The zero-order valence-electron chi connectivity index (χ0n) is 19.8. The number of nitrogens with zero attached hydrogens (tertiary/aromatic N) is 4. The maximum Gasteiger partial charge on any atom is 0.335 e. The predicted molar refractivity (Wildman–Crippen MR) is 140 cm³/mol. The monoisotopic (exact) mass is 510 g/mol. The summed E-state index contributed by atoms with van der Waals surface area (Å²) in [5.41, 5.74) is 4.21. The third kappa shape index (κ3) is 4.26. The SMILES string of the molecule is Cc1cc(Nc2cc(-c3cn[nH]c3)ccn2)nc(-c2cnc([C@@]3(O)CCc4cc(C(=O)O)ccc43)s2)c1. The third-order valence-corrected chi connectivity index (χ3v) is 7.65. The van der Waals surface area contributed by atoms with Crippen molar-refractivity contribution < 1.29 is 15.0 Å². The normalized spacial score (nSPS) is 16.5. The van der Waals surface area contributed by atoms with Crippen molar-refractivity contribution in [3.8, 4) is 21.7 Å². The zero-order valence-corrected chi connectivity index (χ0v) is 20.6. The Morgan fingerprint density at radius 1 is 1.08 bits per heavy atom. The van der Waals surface area contributed by atoms with E-state index in [9.17, 15) is 15.0 Å². The lowest BCUT2D eigenvalue weighted by Gasteiger charge is -2.21. The molecule has 1 aromatic carbocycles. The van der Waals surface area contributed by atoms with Gasteiger partial charge in [-0.05, 0) is 78.4 Å². The molecular weight excluding hydrogens is 488 g/mol. The Bertz CT molecular complexity index is 1630. The van der Waals surface area contributed by atoms with Crippen LogP contribution in [0.2, 0.25) is 0 Å². The number of aromatic carboxylic acids is 1. The molecule has 6 rings (SSSR count). The standard InChI is InChI=1S/C27H22N6O3S/c1-15-8-21(32-24(9-15)33-23-11-16(5-7-28-23)19-12-30-31-13-19)22-14-29-26(37-22)27(36)6-4-17-10-18(25(34)35)2-3-20(17)27/h2-3,5,7-14,36H,4,6H2,1H3,(H,30,31)(H,34,35)(H,28,32,33)/t27-/m1/s1. The molecule has 1 aliphatic rings. The van der Waals surface area contributed by atoms with Gasteiger partial charge in [0.25, 0.3) is 0 Å². The van der Waals surface area contributed by atoms with Crippen molar-refractivity contribution in [2.24, 2.45) is 0 Å². The van der Waals surface area contributed by atoms with Crippen LogP contribution in [0, 0.1) is 6.92 Å². The van der Waals surface area contributed by atoms with Gasteiger partial charge in [0.05, 0.1) is 22.3 Å². The number of aliphatic hydroxyl groups is 1. The number of rotatable bonds is 6. The van der Waals surface area contributed by atoms with Gasteiger partial charge in [-0.3, -0.25) is 5.10 Å². The highest BCUT2D eigenvalue weighted by Crippen LogP contribution is 2.45. The zero-order chi connectivity index (χ0) is 25.6. The van der Waals surface area contributed by atoms with Crippen LogP contribution < -0.4 is 5.32 Å². The molecule has 10 heteroatoms. The molecule has 37 heavy (non-hydrogen) atoms. The molecular formula is C27H22N6O3S. The minimum absolute atomic E-state index is 0.219. The number of carboxylic acid groups (broad SMARTS) is 1. The second-order valence-corrected chi connectivity index (χ2v) is 10.1. The molecule has 4 heterocycles. The summed E-state index contributed by atoms with van der Waals surface area (Å²) in [6, 6.07) is 12.6. The molecule has 4 aromatic heterocycles. The maximum absolute atomic E-state index is 11.6. The molecule has 0 bridgehead atoms. The number of H-pyrrole nitrogens is 1. The van der Waals surface area contributed by atoms with Gasteiger partial charge in [-0.25, -0.2) is 19.7 Å². The first-order valence-corrected chi connectivity index (χ1v) is 12.5. The van der Waals surface area contributed by atoms with E-state index in [1.165, 1.54) is 17.4 Å². The largest absolute Gasteiger partial charge is 0.478 e. The van der Waals surface area contributed by atoms with Crippen molar-refractivity contribution in [2.75, 3.05) is 5.32 Å². The first kappa shape index (κ1) is 23.0. The second kappa shape index (κ2) is 8.91. The maximum atomic E-state index is 11.6. The Hall–Kier alpha value is -4.41. The second-order valence-electron chi connectivity index (χ2n) is 9.02. The number of aromatic amines is 1. The van der Waals surface area contributed by atoms with Crippen LogP contribution in [0.3, 0.4) is 0 Å². The number of hydrogen-bond acceptors (Lipinski definition) is 8. The lowest BCUT2D eigenvalue weighted by molar-refractivity contribution is 0.0695. The average Bonchev–Trinajstić information content (AvgIpc) is 3.65. The highest BCUT2D eigenvalue weighted by Gasteiger charge is 2.41. The van der Waals surface area contributed by atoms with Crippen LogP contribution in [0.15, 0.2) is 67.3 Å². The van der Waals surface area contributed by atoms with E-state index < -0.39 is 11.6 Å². The van der Waals surface area contributed by atoms with Crippen LogP contribution in [-0.2, 0) is 12.0 Å². The Morgan fingerprint density at radius 3 is 2.78 bits per heavy atom. The van der Waals surface area contributed by atoms with Gasteiger partial charge in [-0.15, -0.1) is 11.3 Å². The number of aryl methyl sites for hydroxylation is 2. The summed E-state index contributed by atoms with van der Waals surface area (Å²) in [7, 11) is 0. The van der Waals surface area contributed by atoms with Gasteiger partial charge in [-0.1, -0.05) is 6.07 Å². The van der Waals surface area contributed by atoms with E-state index in [0.717, 1.165) is 32.8 Å². The van der Waals surface area contributed by atoms with Crippen LogP contribution in [0.1, 0.15) is 38.5 Å². The Labute approximate surface area is 215 Å². The van der Waals surface area contributed by atoms with Crippen LogP contribution in [0.4, 0.5) is 11.6 Å². The number of pyridine rings is 2. The molecule has 1 aliphatic carbocycles. The Morgan fingerprint density at radius 2 is 1.97 bits per heavy atom. The average molecular weight is 511 g/mol. The number of anilines is 2. The fraction of sp³-hybridized carbons (Fsp3) is 0.148. The number of nitrogens with one attached hydrogen (secondary N) is 2. The van der Waals surface area contributed by atoms with E-state index in [-0.39, 0.29) is 5.56 Å². The quantitative estimate of drug-likeness (QED) is 0.253. The number of hydrogen-bond donors (Lipinski definition) is 4. The molecule has 0 unspecified atom stereocenters. The molecule has 184 valence electrons. The number of thiazole rings is 1. The number of benzene rings is 1. The summed E-state index contributed by atoms with van der Waals surface area (Å²) in [6.45, 7) is 1.99. The van der Waals surface area contributed by atoms with Crippen molar-refractivity contribution in [2.45, 2.75) is 25.4 Å². The molecule has 0 saturated heterocycles. The number of aromatic nitrogens is 5. The number of carbonyl (C=O) groups is 1. The van der Waals surface area contributed by atoms with Gasteiger partial charge in [0.1, 0.15) is 22.2 Å². The third-order valence-electron chi connectivity index (χ3n) is 6.48. The van der Waals surface area contributed by atoms with Crippen molar-refractivity contribution >= 4 is 28.9 Å². The van der Waals surface area contributed by atoms with Gasteiger partial charge in [0, 0.05) is 24.2 Å². The Balaban J connectivity index is 1.29. The summed E-state index contributed by atoms with van der Waals surface area (Å²) in [4.78, 5) is 25.9. The topological polar surface area (TPSA) is 137 Å². The predicted octanol–water partition coefficient (Wildman–Crippen LogP) is 4.92. The van der Waals surface area contributed by atoms with E-state index in [0.29, 0.717) is 35.0 Å². The van der Waals surface area contributed by atoms with E-state index >= 15 is 0 Å². The molecule has 0 radical (unpaired) electrons. The van der Waals surface area contributed by atoms with Crippen molar-refractivity contribution in [3.05, 3.63) is 94.5 Å². The first-order valence-electron chi connectivity index (χ1n) is 11.7. The van der Waals surface area contributed by atoms with Crippen LogP contribution in [-0.4, -0.2) is 41.3 Å². The van der Waals surface area contributed by atoms with E-state index in [1.807, 2.05) is 37.4 Å².